The number of anilines is 4. The van der Waals surface area contributed by atoms with Gasteiger partial charge in [-0.05, 0) is 43.7 Å². The average Bonchev–Trinajstić information content (AvgIpc) is 2.63. The van der Waals surface area contributed by atoms with Gasteiger partial charge in [0.1, 0.15) is 5.82 Å². The van der Waals surface area contributed by atoms with Gasteiger partial charge in [-0.15, -0.1) is 0 Å². The van der Waals surface area contributed by atoms with Gasteiger partial charge < -0.3 is 10.6 Å². The molecule has 2 aromatic carbocycles. The van der Waals surface area contributed by atoms with E-state index >= 15 is 0 Å². The molecule has 9 heteroatoms. The number of aromatic nitrogens is 3. The van der Waals surface area contributed by atoms with E-state index in [0.29, 0.717) is 29.0 Å². The maximum absolute atomic E-state index is 12.0. The standard InChI is InChI=1S/C18H19N5O3S/c1-12-9-10-15(11-16(12)27(24,25)26-3)22-18-20-13(2)19-17(23-18)21-14-7-5-4-6-8-14/h4-11H,1-3H3,(H2,19,20,21,22,23). The average molecular weight is 385 g/mol. The predicted molar refractivity (Wildman–Crippen MR) is 103 cm³/mol. The van der Waals surface area contributed by atoms with E-state index in [1.165, 1.54) is 6.07 Å². The summed E-state index contributed by atoms with van der Waals surface area (Å²) in [5.74, 6) is 1.20. The summed E-state index contributed by atoms with van der Waals surface area (Å²) < 4.78 is 28.7. The number of benzene rings is 2. The molecule has 0 spiro atoms. The second kappa shape index (κ2) is 7.68. The SMILES string of the molecule is COS(=O)(=O)c1cc(Nc2nc(C)nc(Nc3ccccc3)n2)ccc1C. The minimum absolute atomic E-state index is 0.0865. The summed E-state index contributed by atoms with van der Waals surface area (Å²) in [4.78, 5) is 12.9. The van der Waals surface area contributed by atoms with Crippen LogP contribution in [0.3, 0.4) is 0 Å². The van der Waals surface area contributed by atoms with Gasteiger partial charge in [0.25, 0.3) is 10.1 Å². The predicted octanol–water partition coefficient (Wildman–Crippen LogP) is 3.31. The summed E-state index contributed by atoms with van der Waals surface area (Å²) in [6, 6.07) is 14.4. The molecule has 0 aliphatic rings. The van der Waals surface area contributed by atoms with Crippen LogP contribution in [-0.2, 0) is 14.3 Å². The number of rotatable bonds is 6. The molecule has 0 aliphatic carbocycles. The Balaban J connectivity index is 1.89. The number of nitrogens with zero attached hydrogens (tertiary/aromatic N) is 3. The van der Waals surface area contributed by atoms with Gasteiger partial charge >= 0.3 is 0 Å². The third-order valence-corrected chi connectivity index (χ3v) is 5.13. The third kappa shape index (κ3) is 4.57. The topological polar surface area (TPSA) is 106 Å². The van der Waals surface area contributed by atoms with Crippen LogP contribution < -0.4 is 10.6 Å². The molecule has 0 fully saturated rings. The van der Waals surface area contributed by atoms with Gasteiger partial charge in [0.15, 0.2) is 0 Å². The van der Waals surface area contributed by atoms with Crippen molar-refractivity contribution in [2.45, 2.75) is 18.7 Å². The van der Waals surface area contributed by atoms with E-state index < -0.39 is 10.1 Å². The highest BCUT2D eigenvalue weighted by Crippen LogP contribution is 2.23. The summed E-state index contributed by atoms with van der Waals surface area (Å²) in [5.41, 5.74) is 1.95. The van der Waals surface area contributed by atoms with Crippen molar-refractivity contribution >= 4 is 33.4 Å². The van der Waals surface area contributed by atoms with E-state index in [2.05, 4.69) is 29.8 Å². The number of hydrogen-bond acceptors (Lipinski definition) is 8. The van der Waals surface area contributed by atoms with Gasteiger partial charge in [-0.25, -0.2) is 0 Å². The number of hydrogen-bond donors (Lipinski definition) is 2. The van der Waals surface area contributed by atoms with Gasteiger partial charge in [0.05, 0.1) is 12.0 Å². The van der Waals surface area contributed by atoms with Crippen molar-refractivity contribution in [1.29, 1.82) is 0 Å². The molecular formula is C18H19N5O3S. The van der Waals surface area contributed by atoms with Gasteiger partial charge in [-0.1, -0.05) is 24.3 Å². The molecule has 8 nitrogen and oxygen atoms in total. The van der Waals surface area contributed by atoms with Crippen molar-refractivity contribution in [3.8, 4) is 0 Å². The molecule has 0 unspecified atom stereocenters. The van der Waals surface area contributed by atoms with Crippen LogP contribution in [0.15, 0.2) is 53.4 Å². The Morgan fingerprint density at radius 3 is 2.11 bits per heavy atom. The molecule has 140 valence electrons. The Labute approximate surface area is 157 Å². The Bertz CT molecular complexity index is 1060. The van der Waals surface area contributed by atoms with Crippen molar-refractivity contribution in [1.82, 2.24) is 15.0 Å². The first-order valence-electron chi connectivity index (χ1n) is 8.10. The third-order valence-electron chi connectivity index (χ3n) is 3.71. The molecule has 0 aliphatic heterocycles. The largest absolute Gasteiger partial charge is 0.324 e. The number of aryl methyl sites for hydroxylation is 2. The van der Waals surface area contributed by atoms with E-state index in [0.717, 1.165) is 12.8 Å². The Morgan fingerprint density at radius 1 is 0.852 bits per heavy atom. The van der Waals surface area contributed by atoms with E-state index in [9.17, 15) is 8.42 Å². The van der Waals surface area contributed by atoms with E-state index in [1.807, 2.05) is 30.3 Å². The lowest BCUT2D eigenvalue weighted by molar-refractivity contribution is 0.397. The normalized spacial score (nSPS) is 11.2. The highest BCUT2D eigenvalue weighted by molar-refractivity contribution is 7.86. The lowest BCUT2D eigenvalue weighted by Crippen LogP contribution is -2.08. The molecule has 1 heterocycles. The summed E-state index contributed by atoms with van der Waals surface area (Å²) >= 11 is 0. The van der Waals surface area contributed by atoms with Gasteiger partial charge in [-0.2, -0.15) is 23.4 Å². The van der Waals surface area contributed by atoms with Gasteiger partial charge in [0.2, 0.25) is 11.9 Å². The van der Waals surface area contributed by atoms with Crippen LogP contribution in [0.1, 0.15) is 11.4 Å². The van der Waals surface area contributed by atoms with Crippen LogP contribution in [-0.4, -0.2) is 30.5 Å². The highest BCUT2D eigenvalue weighted by Gasteiger charge is 2.17. The van der Waals surface area contributed by atoms with Gasteiger partial charge in [0, 0.05) is 11.4 Å². The highest BCUT2D eigenvalue weighted by atomic mass is 32.2. The van der Waals surface area contributed by atoms with Crippen molar-refractivity contribution in [2.24, 2.45) is 0 Å². The summed E-state index contributed by atoms with van der Waals surface area (Å²) in [5, 5.41) is 6.12. The Hall–Kier alpha value is -3.04. The van der Waals surface area contributed by atoms with Crippen LogP contribution in [0, 0.1) is 13.8 Å². The van der Waals surface area contributed by atoms with Crippen molar-refractivity contribution in [2.75, 3.05) is 17.7 Å². The zero-order valence-electron chi connectivity index (χ0n) is 15.1. The maximum atomic E-state index is 12.0. The number of nitrogens with one attached hydrogen (secondary N) is 2. The Kier molecular flexibility index (Phi) is 5.33. The monoisotopic (exact) mass is 385 g/mol. The molecule has 0 bridgehead atoms. The summed E-state index contributed by atoms with van der Waals surface area (Å²) in [6.45, 7) is 3.45. The molecular weight excluding hydrogens is 366 g/mol. The second-order valence-electron chi connectivity index (χ2n) is 5.75. The summed E-state index contributed by atoms with van der Waals surface area (Å²) in [6.07, 6.45) is 0. The quantitative estimate of drug-likeness (QED) is 0.623. The van der Waals surface area contributed by atoms with Crippen molar-refractivity contribution in [3.05, 3.63) is 59.9 Å². The van der Waals surface area contributed by atoms with Crippen LogP contribution in [0.4, 0.5) is 23.3 Å². The first-order chi connectivity index (χ1) is 12.9. The van der Waals surface area contributed by atoms with Crippen molar-refractivity contribution < 1.29 is 12.6 Å². The van der Waals surface area contributed by atoms with Crippen LogP contribution in [0.2, 0.25) is 0 Å². The van der Waals surface area contributed by atoms with Crippen molar-refractivity contribution in [3.63, 3.8) is 0 Å². The molecule has 3 aromatic rings. The minimum atomic E-state index is -3.81. The molecule has 0 amide bonds. The van der Waals surface area contributed by atoms with E-state index in [1.54, 1.807) is 26.0 Å². The first kappa shape index (κ1) is 18.7. The molecule has 0 saturated heterocycles. The van der Waals surface area contributed by atoms with Crippen LogP contribution in [0.5, 0.6) is 0 Å². The fourth-order valence-electron chi connectivity index (χ4n) is 2.41. The fourth-order valence-corrected chi connectivity index (χ4v) is 3.32. The fraction of sp³-hybridized carbons (Fsp3) is 0.167. The molecule has 27 heavy (non-hydrogen) atoms. The summed E-state index contributed by atoms with van der Waals surface area (Å²) in [7, 11) is -2.68. The zero-order valence-corrected chi connectivity index (χ0v) is 15.9. The van der Waals surface area contributed by atoms with Crippen LogP contribution in [0.25, 0.3) is 0 Å². The van der Waals surface area contributed by atoms with Crippen LogP contribution >= 0.6 is 0 Å². The molecule has 0 atom stereocenters. The Morgan fingerprint density at radius 2 is 1.48 bits per heavy atom. The minimum Gasteiger partial charge on any atom is -0.324 e. The second-order valence-corrected chi connectivity index (χ2v) is 7.43. The zero-order chi connectivity index (χ0) is 19.4. The smallest absolute Gasteiger partial charge is 0.297 e. The molecule has 1 aromatic heterocycles. The maximum Gasteiger partial charge on any atom is 0.297 e. The number of para-hydroxylation sites is 1. The first-order valence-corrected chi connectivity index (χ1v) is 9.51. The molecule has 3 rings (SSSR count). The van der Waals surface area contributed by atoms with E-state index in [4.69, 9.17) is 0 Å². The lowest BCUT2D eigenvalue weighted by Gasteiger charge is -2.11. The molecule has 0 saturated carbocycles. The van der Waals surface area contributed by atoms with E-state index in [-0.39, 0.29) is 4.90 Å². The van der Waals surface area contributed by atoms with Gasteiger partial charge in [-0.3, -0.25) is 4.18 Å². The lowest BCUT2D eigenvalue weighted by atomic mass is 10.2. The molecule has 0 radical (unpaired) electrons. The molecule has 2 N–H and O–H groups in total.